The number of ether oxygens (including phenoxy) is 1. The molecule has 0 bridgehead atoms. The number of hydrogen-bond donors (Lipinski definition) is 1. The van der Waals surface area contributed by atoms with Gasteiger partial charge in [-0.15, -0.1) is 0 Å². The zero-order valence-electron chi connectivity index (χ0n) is 15.9. The number of aliphatic hydroxyl groups excluding tert-OH is 1. The first-order valence-corrected chi connectivity index (χ1v) is 9.84. The summed E-state index contributed by atoms with van der Waals surface area (Å²) in [5.74, 6) is 2.29. The lowest BCUT2D eigenvalue weighted by Gasteiger charge is -2.42. The summed E-state index contributed by atoms with van der Waals surface area (Å²) in [6.07, 6.45) is 4.55. The lowest BCUT2D eigenvalue weighted by Crippen LogP contribution is -2.54. The topological polar surface area (TPSA) is 77.9 Å². The predicted octanol–water partition coefficient (Wildman–Crippen LogP) is 1.05. The molecule has 0 unspecified atom stereocenters. The van der Waals surface area contributed by atoms with E-state index < -0.39 is 0 Å². The van der Waals surface area contributed by atoms with Crippen molar-refractivity contribution < 1.29 is 9.84 Å². The molecule has 0 saturated carbocycles. The van der Waals surface area contributed by atoms with E-state index in [-0.39, 0.29) is 18.3 Å². The van der Waals surface area contributed by atoms with Gasteiger partial charge in [0.05, 0.1) is 18.3 Å². The highest BCUT2D eigenvalue weighted by Crippen LogP contribution is 2.28. The molecule has 8 nitrogen and oxygen atoms in total. The first kappa shape index (κ1) is 17.7. The van der Waals surface area contributed by atoms with Crippen molar-refractivity contribution in [3.05, 3.63) is 0 Å². The number of aliphatic hydroxyl groups is 1. The van der Waals surface area contributed by atoms with Crippen molar-refractivity contribution >= 4 is 17.8 Å². The maximum Gasteiger partial charge on any atom is 0.232 e. The summed E-state index contributed by atoms with van der Waals surface area (Å²) in [6, 6.07) is 0. The minimum absolute atomic E-state index is 0.00295. The van der Waals surface area contributed by atoms with Crippen LogP contribution in [0.4, 0.5) is 17.8 Å². The third-order valence-electron chi connectivity index (χ3n) is 5.35. The quantitative estimate of drug-likeness (QED) is 0.852. The first-order chi connectivity index (χ1) is 12.5. The van der Waals surface area contributed by atoms with E-state index in [9.17, 15) is 5.11 Å². The van der Waals surface area contributed by atoms with Gasteiger partial charge in [-0.3, -0.25) is 0 Å². The average Bonchev–Trinajstić information content (AvgIpc) is 3.33. The molecule has 0 amide bonds. The fraction of sp³-hybridized carbons (Fsp3) is 0.833. The zero-order chi connectivity index (χ0) is 18.1. The lowest BCUT2D eigenvalue weighted by atomic mass is 10.1. The van der Waals surface area contributed by atoms with Crippen LogP contribution in [-0.2, 0) is 4.74 Å². The van der Waals surface area contributed by atoms with Gasteiger partial charge in [0.2, 0.25) is 17.8 Å². The van der Waals surface area contributed by atoms with Gasteiger partial charge in [-0.05, 0) is 39.5 Å². The number of hydrogen-bond acceptors (Lipinski definition) is 8. The first-order valence-electron chi connectivity index (χ1n) is 9.84. The highest BCUT2D eigenvalue weighted by Gasteiger charge is 2.35. The van der Waals surface area contributed by atoms with Crippen LogP contribution in [0.15, 0.2) is 0 Å². The van der Waals surface area contributed by atoms with Crippen LogP contribution in [-0.4, -0.2) is 77.6 Å². The Balaban J connectivity index is 1.67. The van der Waals surface area contributed by atoms with Gasteiger partial charge in [0, 0.05) is 39.3 Å². The molecule has 8 heteroatoms. The van der Waals surface area contributed by atoms with Crippen molar-refractivity contribution in [2.75, 3.05) is 60.6 Å². The van der Waals surface area contributed by atoms with Crippen LogP contribution in [0.25, 0.3) is 0 Å². The molecule has 0 spiro atoms. The fourth-order valence-corrected chi connectivity index (χ4v) is 4.14. The molecule has 144 valence electrons. The maximum absolute atomic E-state index is 9.62. The second-order valence-corrected chi connectivity index (χ2v) is 8.19. The minimum atomic E-state index is -0.347. The number of morpholine rings is 1. The molecule has 3 aliphatic heterocycles. The summed E-state index contributed by atoms with van der Waals surface area (Å²) in [4.78, 5) is 21.1. The molecule has 0 aromatic carbocycles. The van der Waals surface area contributed by atoms with E-state index >= 15 is 0 Å². The Bertz CT molecular complexity index is 594. The fourth-order valence-electron chi connectivity index (χ4n) is 4.14. The lowest BCUT2D eigenvalue weighted by molar-refractivity contribution is -0.101. The molecule has 4 heterocycles. The van der Waals surface area contributed by atoms with Crippen molar-refractivity contribution in [1.29, 1.82) is 0 Å². The molecule has 3 saturated heterocycles. The normalized spacial score (nSPS) is 26.0. The van der Waals surface area contributed by atoms with Crippen LogP contribution in [0.3, 0.4) is 0 Å². The highest BCUT2D eigenvalue weighted by molar-refractivity contribution is 5.48. The Hall–Kier alpha value is -1.67. The molecule has 0 radical (unpaired) electrons. The van der Waals surface area contributed by atoms with Crippen LogP contribution in [0.2, 0.25) is 0 Å². The number of aromatic nitrogens is 3. The molecular weight excluding hydrogens is 332 g/mol. The Labute approximate surface area is 155 Å². The van der Waals surface area contributed by atoms with E-state index in [1.54, 1.807) is 0 Å². The van der Waals surface area contributed by atoms with Crippen LogP contribution >= 0.6 is 0 Å². The average molecular weight is 362 g/mol. The van der Waals surface area contributed by atoms with Gasteiger partial charge in [-0.25, -0.2) is 0 Å². The van der Waals surface area contributed by atoms with Gasteiger partial charge < -0.3 is 24.5 Å². The maximum atomic E-state index is 9.62. The summed E-state index contributed by atoms with van der Waals surface area (Å²) in [7, 11) is 0. The van der Waals surface area contributed by atoms with Crippen LogP contribution in [0.5, 0.6) is 0 Å². The highest BCUT2D eigenvalue weighted by atomic mass is 16.5. The molecule has 1 aromatic rings. The number of rotatable bonds is 4. The standard InChI is InChI=1S/C18H30N6O2/c1-18(2)13-24(11-14(12-25)26-18)17-20-15(22-7-3-4-8-22)19-16(21-17)23-9-5-6-10-23/h14,25H,3-13H2,1-2H3/t14-/m0/s1. The molecule has 26 heavy (non-hydrogen) atoms. The monoisotopic (exact) mass is 362 g/mol. The van der Waals surface area contributed by atoms with Crippen molar-refractivity contribution in [2.45, 2.75) is 51.2 Å². The summed E-state index contributed by atoms with van der Waals surface area (Å²) in [5.41, 5.74) is -0.347. The summed E-state index contributed by atoms with van der Waals surface area (Å²) < 4.78 is 5.95. The third-order valence-corrected chi connectivity index (χ3v) is 5.35. The molecule has 1 aromatic heterocycles. The summed E-state index contributed by atoms with van der Waals surface area (Å²) in [5, 5.41) is 9.62. The van der Waals surface area contributed by atoms with Crippen molar-refractivity contribution in [1.82, 2.24) is 15.0 Å². The van der Waals surface area contributed by atoms with E-state index in [1.807, 2.05) is 13.8 Å². The van der Waals surface area contributed by atoms with Gasteiger partial charge in [0.1, 0.15) is 0 Å². The Morgan fingerprint density at radius 2 is 1.35 bits per heavy atom. The van der Waals surface area contributed by atoms with Gasteiger partial charge in [0.15, 0.2) is 0 Å². The summed E-state index contributed by atoms with van der Waals surface area (Å²) >= 11 is 0. The SMILES string of the molecule is CC1(C)CN(c2nc(N3CCCC3)nc(N3CCCC3)n2)C[C@@H](CO)O1. The molecule has 4 rings (SSSR count). The van der Waals surface area contributed by atoms with E-state index in [2.05, 4.69) is 14.7 Å². The summed E-state index contributed by atoms with van der Waals surface area (Å²) in [6.45, 7) is 9.44. The Kier molecular flexibility index (Phi) is 4.88. The van der Waals surface area contributed by atoms with Crippen molar-refractivity contribution in [2.24, 2.45) is 0 Å². The van der Waals surface area contributed by atoms with E-state index in [1.165, 1.54) is 25.7 Å². The van der Waals surface area contributed by atoms with Crippen LogP contribution < -0.4 is 14.7 Å². The molecule has 3 fully saturated rings. The van der Waals surface area contributed by atoms with Crippen molar-refractivity contribution in [3.8, 4) is 0 Å². The van der Waals surface area contributed by atoms with Gasteiger partial charge >= 0.3 is 0 Å². The van der Waals surface area contributed by atoms with Gasteiger partial charge in [-0.1, -0.05) is 0 Å². The minimum Gasteiger partial charge on any atom is -0.394 e. The second kappa shape index (κ2) is 7.15. The zero-order valence-corrected chi connectivity index (χ0v) is 15.9. The van der Waals surface area contributed by atoms with Gasteiger partial charge in [0.25, 0.3) is 0 Å². The molecule has 3 aliphatic rings. The number of nitrogens with zero attached hydrogens (tertiary/aromatic N) is 6. The number of anilines is 3. The predicted molar refractivity (Wildman–Crippen MR) is 101 cm³/mol. The Morgan fingerprint density at radius 3 is 1.81 bits per heavy atom. The smallest absolute Gasteiger partial charge is 0.232 e. The van der Waals surface area contributed by atoms with E-state index in [0.717, 1.165) is 38.1 Å². The molecule has 1 atom stereocenters. The van der Waals surface area contributed by atoms with Crippen molar-refractivity contribution in [3.63, 3.8) is 0 Å². The van der Waals surface area contributed by atoms with E-state index in [0.29, 0.717) is 19.0 Å². The largest absolute Gasteiger partial charge is 0.394 e. The van der Waals surface area contributed by atoms with Crippen LogP contribution in [0.1, 0.15) is 39.5 Å². The van der Waals surface area contributed by atoms with E-state index in [4.69, 9.17) is 19.7 Å². The third kappa shape index (κ3) is 3.71. The molecule has 1 N–H and O–H groups in total. The Morgan fingerprint density at radius 1 is 0.885 bits per heavy atom. The second-order valence-electron chi connectivity index (χ2n) is 8.19. The van der Waals surface area contributed by atoms with Gasteiger partial charge in [-0.2, -0.15) is 15.0 Å². The molecular formula is C18H30N6O2. The van der Waals surface area contributed by atoms with Crippen LogP contribution in [0, 0.1) is 0 Å². The molecule has 0 aliphatic carbocycles.